The van der Waals surface area contributed by atoms with Crippen molar-refractivity contribution in [3.05, 3.63) is 0 Å². The van der Waals surface area contributed by atoms with Crippen LogP contribution in [-0.4, -0.2) is 47.2 Å². The summed E-state index contributed by atoms with van der Waals surface area (Å²) in [7, 11) is 1.32. The lowest BCUT2D eigenvalue weighted by molar-refractivity contribution is -0.141. The molecule has 106 valence electrons. The second kappa shape index (κ2) is 6.72. The highest BCUT2D eigenvalue weighted by Gasteiger charge is 2.16. The smallest absolute Gasteiger partial charge is 0.328 e. The summed E-state index contributed by atoms with van der Waals surface area (Å²) in [4.78, 5) is 25.5. The molecule has 0 aliphatic rings. The molecule has 19 heavy (non-hydrogen) atoms. The number of nitrogen functional groups attached to an aromatic ring is 1. The van der Waals surface area contributed by atoms with Gasteiger partial charge in [-0.3, -0.25) is 0 Å². The molecule has 0 amide bonds. The number of carbonyl (C=O) groups excluding carboxylic acids is 1. The van der Waals surface area contributed by atoms with E-state index >= 15 is 0 Å². The molecule has 1 rings (SSSR count). The Balaban J connectivity index is 2.93. The summed E-state index contributed by atoms with van der Waals surface area (Å²) < 4.78 is 4.62. The van der Waals surface area contributed by atoms with Crippen LogP contribution in [0.5, 0.6) is 0 Å². The molecular weight excluding hydrogens is 248 g/mol. The molecule has 0 aromatic carbocycles. The van der Waals surface area contributed by atoms with Crippen LogP contribution < -0.4 is 16.0 Å². The fourth-order valence-corrected chi connectivity index (χ4v) is 1.52. The largest absolute Gasteiger partial charge is 0.467 e. The van der Waals surface area contributed by atoms with Gasteiger partial charge in [0.1, 0.15) is 6.04 Å². The Morgan fingerprint density at radius 1 is 1.37 bits per heavy atom. The molecule has 0 radical (unpaired) electrons. The fraction of sp³-hybridized carbons (Fsp3) is 0.636. The highest BCUT2D eigenvalue weighted by atomic mass is 16.5. The van der Waals surface area contributed by atoms with Crippen LogP contribution >= 0.6 is 0 Å². The number of ether oxygens (including phenoxy) is 1. The molecule has 0 saturated heterocycles. The number of esters is 1. The van der Waals surface area contributed by atoms with Gasteiger partial charge in [-0.05, 0) is 20.8 Å². The Labute approximate surface area is 112 Å². The van der Waals surface area contributed by atoms with E-state index in [-0.39, 0.29) is 11.9 Å². The number of hydrogen-bond acceptors (Lipinski definition) is 8. The molecule has 0 saturated carbocycles. The van der Waals surface area contributed by atoms with Gasteiger partial charge in [-0.2, -0.15) is 15.0 Å². The maximum Gasteiger partial charge on any atom is 0.328 e. The first-order valence-corrected chi connectivity index (χ1v) is 6.12. The zero-order valence-corrected chi connectivity index (χ0v) is 11.7. The van der Waals surface area contributed by atoms with Crippen LogP contribution in [0.15, 0.2) is 0 Å². The van der Waals surface area contributed by atoms with Crippen LogP contribution in [0.1, 0.15) is 20.8 Å². The van der Waals surface area contributed by atoms with E-state index in [0.717, 1.165) is 13.1 Å². The summed E-state index contributed by atoms with van der Waals surface area (Å²) in [6, 6.07) is -0.559. The summed E-state index contributed by atoms with van der Waals surface area (Å²) in [6.45, 7) is 7.15. The predicted octanol–water partition coefficient (Wildman–Crippen LogP) is 0.273. The molecular formula is C11H20N6O2. The zero-order chi connectivity index (χ0) is 14.4. The molecule has 0 spiro atoms. The van der Waals surface area contributed by atoms with Crippen molar-refractivity contribution in [3.63, 3.8) is 0 Å². The average molecular weight is 268 g/mol. The monoisotopic (exact) mass is 268 g/mol. The van der Waals surface area contributed by atoms with Gasteiger partial charge in [0.2, 0.25) is 17.8 Å². The van der Waals surface area contributed by atoms with E-state index in [1.807, 2.05) is 18.7 Å². The molecule has 1 heterocycles. The molecule has 1 atom stereocenters. The van der Waals surface area contributed by atoms with E-state index in [1.165, 1.54) is 7.11 Å². The minimum Gasteiger partial charge on any atom is -0.467 e. The molecule has 0 aliphatic heterocycles. The molecule has 0 bridgehead atoms. The van der Waals surface area contributed by atoms with Crippen LogP contribution in [-0.2, 0) is 9.53 Å². The van der Waals surface area contributed by atoms with Crippen molar-refractivity contribution in [2.24, 2.45) is 0 Å². The second-order valence-electron chi connectivity index (χ2n) is 3.88. The maximum absolute atomic E-state index is 11.3. The molecule has 1 aromatic heterocycles. The first kappa shape index (κ1) is 14.9. The van der Waals surface area contributed by atoms with Gasteiger partial charge < -0.3 is 20.7 Å². The lowest BCUT2D eigenvalue weighted by Gasteiger charge is -2.19. The number of nitrogens with zero attached hydrogens (tertiary/aromatic N) is 4. The Hall–Kier alpha value is -2.12. The van der Waals surface area contributed by atoms with Crippen LogP contribution in [0.2, 0.25) is 0 Å². The maximum atomic E-state index is 11.3. The predicted molar refractivity (Wildman–Crippen MR) is 72.9 cm³/mol. The second-order valence-corrected chi connectivity index (χ2v) is 3.88. The van der Waals surface area contributed by atoms with Gasteiger partial charge in [-0.1, -0.05) is 0 Å². The van der Waals surface area contributed by atoms with E-state index in [1.54, 1.807) is 6.92 Å². The minimum atomic E-state index is -0.559. The number of carbonyl (C=O) groups is 1. The van der Waals surface area contributed by atoms with Crippen molar-refractivity contribution in [1.29, 1.82) is 0 Å². The number of aromatic nitrogens is 3. The van der Waals surface area contributed by atoms with Crippen molar-refractivity contribution in [2.45, 2.75) is 26.8 Å². The highest BCUT2D eigenvalue weighted by molar-refractivity contribution is 5.78. The Morgan fingerprint density at radius 3 is 2.53 bits per heavy atom. The van der Waals surface area contributed by atoms with Crippen molar-refractivity contribution in [1.82, 2.24) is 15.0 Å². The molecule has 0 aliphatic carbocycles. The quantitative estimate of drug-likeness (QED) is 0.708. The molecule has 0 fully saturated rings. The van der Waals surface area contributed by atoms with Crippen LogP contribution in [0.25, 0.3) is 0 Å². The van der Waals surface area contributed by atoms with Gasteiger partial charge in [-0.15, -0.1) is 0 Å². The van der Waals surface area contributed by atoms with Crippen molar-refractivity contribution in [3.8, 4) is 0 Å². The van der Waals surface area contributed by atoms with Gasteiger partial charge in [-0.25, -0.2) is 4.79 Å². The van der Waals surface area contributed by atoms with Crippen LogP contribution in [0, 0.1) is 0 Å². The third kappa shape index (κ3) is 3.94. The Morgan fingerprint density at radius 2 is 2.00 bits per heavy atom. The summed E-state index contributed by atoms with van der Waals surface area (Å²) >= 11 is 0. The third-order valence-electron chi connectivity index (χ3n) is 2.59. The third-order valence-corrected chi connectivity index (χ3v) is 2.59. The average Bonchev–Trinajstić information content (AvgIpc) is 2.38. The SMILES string of the molecule is CCN(CC)c1nc(N)nc(NC(C)C(=O)OC)n1. The van der Waals surface area contributed by atoms with E-state index in [9.17, 15) is 4.79 Å². The molecule has 8 nitrogen and oxygen atoms in total. The number of methoxy groups -OCH3 is 1. The lowest BCUT2D eigenvalue weighted by Crippen LogP contribution is -2.30. The Kier molecular flexibility index (Phi) is 5.28. The Bertz CT molecular complexity index is 435. The highest BCUT2D eigenvalue weighted by Crippen LogP contribution is 2.12. The first-order valence-electron chi connectivity index (χ1n) is 6.12. The molecule has 1 unspecified atom stereocenters. The summed E-state index contributed by atoms with van der Waals surface area (Å²) in [5, 5.41) is 2.83. The number of rotatable bonds is 6. The van der Waals surface area contributed by atoms with Gasteiger partial charge in [0.15, 0.2) is 0 Å². The minimum absolute atomic E-state index is 0.108. The molecule has 3 N–H and O–H groups in total. The van der Waals surface area contributed by atoms with Crippen molar-refractivity contribution in [2.75, 3.05) is 36.1 Å². The fourth-order valence-electron chi connectivity index (χ4n) is 1.52. The number of nitrogens with one attached hydrogen (secondary N) is 1. The number of hydrogen-bond donors (Lipinski definition) is 2. The van der Waals surface area contributed by atoms with E-state index < -0.39 is 12.0 Å². The first-order chi connectivity index (χ1) is 9.01. The lowest BCUT2D eigenvalue weighted by atomic mass is 10.3. The van der Waals surface area contributed by atoms with E-state index in [2.05, 4.69) is 25.0 Å². The summed E-state index contributed by atoms with van der Waals surface area (Å²) in [5.74, 6) is 0.448. The zero-order valence-electron chi connectivity index (χ0n) is 11.7. The number of nitrogens with two attached hydrogens (primary N) is 1. The standard InChI is InChI=1S/C11H20N6O2/c1-5-17(6-2)11-15-9(12)14-10(16-11)13-7(3)8(18)19-4/h7H,5-6H2,1-4H3,(H3,12,13,14,15,16). The van der Waals surface area contributed by atoms with Gasteiger partial charge in [0.05, 0.1) is 7.11 Å². The molecule has 8 heteroatoms. The van der Waals surface area contributed by atoms with Gasteiger partial charge in [0, 0.05) is 13.1 Å². The summed E-state index contributed by atoms with van der Waals surface area (Å²) in [5.41, 5.74) is 5.65. The van der Waals surface area contributed by atoms with Gasteiger partial charge in [0.25, 0.3) is 0 Å². The topological polar surface area (TPSA) is 106 Å². The van der Waals surface area contributed by atoms with Crippen LogP contribution in [0.3, 0.4) is 0 Å². The van der Waals surface area contributed by atoms with Crippen molar-refractivity contribution >= 4 is 23.8 Å². The van der Waals surface area contributed by atoms with E-state index in [0.29, 0.717) is 5.95 Å². The van der Waals surface area contributed by atoms with Crippen molar-refractivity contribution < 1.29 is 9.53 Å². The van der Waals surface area contributed by atoms with E-state index in [4.69, 9.17) is 5.73 Å². The van der Waals surface area contributed by atoms with Gasteiger partial charge >= 0.3 is 5.97 Å². The van der Waals surface area contributed by atoms with Crippen LogP contribution in [0.4, 0.5) is 17.8 Å². The summed E-state index contributed by atoms with van der Waals surface area (Å²) in [6.07, 6.45) is 0. The normalized spacial score (nSPS) is 11.8. The molecule has 1 aromatic rings. The number of anilines is 3.